The van der Waals surface area contributed by atoms with E-state index in [9.17, 15) is 9.18 Å². The number of carboxylic acid groups (broad SMARTS) is 1. The molecule has 17 heavy (non-hydrogen) atoms. The monoisotopic (exact) mass is 235 g/mol. The summed E-state index contributed by atoms with van der Waals surface area (Å²) in [6.45, 7) is 1.42. The van der Waals surface area contributed by atoms with Crippen molar-refractivity contribution in [3.05, 3.63) is 35.1 Å². The summed E-state index contributed by atoms with van der Waals surface area (Å²) in [7, 11) is 0. The van der Waals surface area contributed by atoms with Crippen LogP contribution in [0.15, 0.2) is 18.2 Å². The molecule has 0 atom stereocenters. The number of hydrogen-bond donors (Lipinski definition) is 3. The van der Waals surface area contributed by atoms with Crippen molar-refractivity contribution in [3.63, 3.8) is 0 Å². The maximum atomic E-state index is 13.6. The fraction of sp³-hybridized carbons (Fsp3) is 0.0909. The van der Waals surface area contributed by atoms with Gasteiger partial charge >= 0.3 is 5.97 Å². The average molecular weight is 235 g/mol. The fourth-order valence-corrected chi connectivity index (χ4v) is 1.54. The molecule has 0 fully saturated rings. The molecule has 6 heteroatoms. The van der Waals surface area contributed by atoms with E-state index in [2.05, 4.69) is 10.2 Å². The molecule has 5 nitrogen and oxygen atoms in total. The lowest BCUT2D eigenvalue weighted by Gasteiger charge is -2.05. The molecule has 0 unspecified atom stereocenters. The topological polar surface area (TPSA) is 92.0 Å². The Hall–Kier alpha value is -2.37. The number of anilines is 1. The minimum atomic E-state index is -1.17. The Kier molecular flexibility index (Phi) is 2.55. The van der Waals surface area contributed by atoms with Crippen molar-refractivity contribution in [1.29, 1.82) is 0 Å². The van der Waals surface area contributed by atoms with Crippen LogP contribution in [0.5, 0.6) is 0 Å². The van der Waals surface area contributed by atoms with Crippen LogP contribution in [0.4, 0.5) is 10.2 Å². The van der Waals surface area contributed by atoms with Gasteiger partial charge in [-0.3, -0.25) is 5.10 Å². The average Bonchev–Trinajstić information content (AvgIpc) is 2.68. The molecular weight excluding hydrogens is 225 g/mol. The Morgan fingerprint density at radius 2 is 2.18 bits per heavy atom. The van der Waals surface area contributed by atoms with E-state index >= 15 is 0 Å². The lowest BCUT2D eigenvalue weighted by molar-refractivity contribution is 0.0695. The third kappa shape index (κ3) is 1.96. The molecule has 0 saturated carbocycles. The molecule has 0 bridgehead atoms. The number of nitrogens with two attached hydrogens (primary N) is 1. The van der Waals surface area contributed by atoms with Crippen molar-refractivity contribution in [2.75, 3.05) is 5.73 Å². The van der Waals surface area contributed by atoms with Crippen molar-refractivity contribution < 1.29 is 14.3 Å². The molecule has 1 heterocycles. The van der Waals surface area contributed by atoms with E-state index < -0.39 is 11.8 Å². The predicted molar refractivity (Wildman–Crippen MR) is 60.1 cm³/mol. The van der Waals surface area contributed by atoms with Crippen molar-refractivity contribution in [1.82, 2.24) is 10.2 Å². The SMILES string of the molecule is Cc1c(F)cc(-c2cc(N)n[nH]2)cc1C(=O)O. The van der Waals surface area contributed by atoms with Crippen molar-refractivity contribution in [2.45, 2.75) is 6.92 Å². The summed E-state index contributed by atoms with van der Waals surface area (Å²) < 4.78 is 13.6. The van der Waals surface area contributed by atoms with Crippen LogP contribution >= 0.6 is 0 Å². The molecule has 88 valence electrons. The molecule has 0 saturated heterocycles. The highest BCUT2D eigenvalue weighted by Gasteiger charge is 2.14. The van der Waals surface area contributed by atoms with Gasteiger partial charge in [-0.1, -0.05) is 0 Å². The summed E-state index contributed by atoms with van der Waals surface area (Å²) in [5, 5.41) is 15.3. The summed E-state index contributed by atoms with van der Waals surface area (Å²) >= 11 is 0. The first-order valence-electron chi connectivity index (χ1n) is 4.83. The van der Waals surface area contributed by atoms with Crippen LogP contribution in [0, 0.1) is 12.7 Å². The minimum Gasteiger partial charge on any atom is -0.478 e. The van der Waals surface area contributed by atoms with Crippen molar-refractivity contribution in [3.8, 4) is 11.3 Å². The zero-order valence-electron chi connectivity index (χ0n) is 8.99. The molecule has 0 spiro atoms. The number of benzene rings is 1. The molecule has 4 N–H and O–H groups in total. The number of nitrogen functional groups attached to an aromatic ring is 1. The van der Waals surface area contributed by atoms with Gasteiger partial charge in [0.25, 0.3) is 0 Å². The lowest BCUT2D eigenvalue weighted by atomic mass is 10.0. The van der Waals surface area contributed by atoms with Gasteiger partial charge in [-0.05, 0) is 24.6 Å². The van der Waals surface area contributed by atoms with Gasteiger partial charge < -0.3 is 10.8 Å². The Bertz CT molecular complexity index is 592. The van der Waals surface area contributed by atoms with Crippen LogP contribution in [-0.2, 0) is 0 Å². The maximum absolute atomic E-state index is 13.6. The number of carboxylic acids is 1. The van der Waals surface area contributed by atoms with Gasteiger partial charge in [0, 0.05) is 11.6 Å². The van der Waals surface area contributed by atoms with E-state index in [0.29, 0.717) is 11.3 Å². The standard InChI is InChI=1S/C11H10FN3O2/c1-5-7(11(16)17)2-6(3-8(5)12)9-4-10(13)15-14-9/h2-4H,1H3,(H,16,17)(H3,13,14,15). The van der Waals surface area contributed by atoms with Crippen LogP contribution in [0.25, 0.3) is 11.3 Å². The molecule has 1 aromatic heterocycles. The number of nitrogens with one attached hydrogen (secondary N) is 1. The summed E-state index contributed by atoms with van der Waals surface area (Å²) in [5.41, 5.74) is 6.33. The van der Waals surface area contributed by atoms with E-state index in [1.165, 1.54) is 25.1 Å². The Morgan fingerprint density at radius 1 is 1.47 bits per heavy atom. The van der Waals surface area contributed by atoms with E-state index in [1.54, 1.807) is 0 Å². The van der Waals surface area contributed by atoms with Crippen molar-refractivity contribution in [2.24, 2.45) is 0 Å². The smallest absolute Gasteiger partial charge is 0.336 e. The largest absolute Gasteiger partial charge is 0.478 e. The molecular formula is C11H10FN3O2. The fourth-order valence-electron chi connectivity index (χ4n) is 1.54. The first-order chi connectivity index (χ1) is 7.99. The van der Waals surface area contributed by atoms with Gasteiger partial charge in [0.05, 0.1) is 11.3 Å². The molecule has 2 rings (SSSR count). The molecule has 0 radical (unpaired) electrons. The highest BCUT2D eigenvalue weighted by Crippen LogP contribution is 2.24. The number of H-pyrrole nitrogens is 1. The Labute approximate surface area is 96.1 Å². The van der Waals surface area contributed by atoms with Crippen LogP contribution in [0.1, 0.15) is 15.9 Å². The van der Waals surface area contributed by atoms with E-state index in [0.717, 1.165) is 0 Å². The van der Waals surface area contributed by atoms with Crippen LogP contribution in [0.3, 0.4) is 0 Å². The van der Waals surface area contributed by atoms with E-state index in [1.807, 2.05) is 0 Å². The lowest BCUT2D eigenvalue weighted by Crippen LogP contribution is -2.02. The molecule has 1 aromatic carbocycles. The number of aromatic carboxylic acids is 1. The summed E-state index contributed by atoms with van der Waals surface area (Å²) in [6.07, 6.45) is 0. The van der Waals surface area contributed by atoms with Gasteiger partial charge in [-0.25, -0.2) is 9.18 Å². The highest BCUT2D eigenvalue weighted by molar-refractivity contribution is 5.91. The first kappa shape index (κ1) is 11.1. The van der Waals surface area contributed by atoms with E-state index in [4.69, 9.17) is 10.8 Å². The molecule has 2 aromatic rings. The summed E-state index contributed by atoms with van der Waals surface area (Å²) in [4.78, 5) is 10.9. The first-order valence-corrected chi connectivity index (χ1v) is 4.83. The Balaban J connectivity index is 2.60. The second kappa shape index (κ2) is 3.89. The van der Waals surface area contributed by atoms with Crippen molar-refractivity contribution >= 4 is 11.8 Å². The normalized spacial score (nSPS) is 10.5. The van der Waals surface area contributed by atoms with Gasteiger partial charge in [-0.15, -0.1) is 0 Å². The number of hydrogen-bond acceptors (Lipinski definition) is 3. The third-order valence-electron chi connectivity index (χ3n) is 2.48. The van der Waals surface area contributed by atoms with Gasteiger partial charge in [0.2, 0.25) is 0 Å². The number of nitrogens with zero attached hydrogens (tertiary/aromatic N) is 1. The zero-order valence-corrected chi connectivity index (χ0v) is 8.99. The molecule has 0 aliphatic carbocycles. The number of rotatable bonds is 2. The predicted octanol–water partition coefficient (Wildman–Crippen LogP) is 1.80. The van der Waals surface area contributed by atoms with E-state index in [-0.39, 0.29) is 16.9 Å². The van der Waals surface area contributed by atoms with Gasteiger partial charge in [0.1, 0.15) is 11.6 Å². The van der Waals surface area contributed by atoms with Gasteiger partial charge in [0.15, 0.2) is 0 Å². The highest BCUT2D eigenvalue weighted by atomic mass is 19.1. The minimum absolute atomic E-state index is 0.0758. The molecule has 0 amide bonds. The third-order valence-corrected chi connectivity index (χ3v) is 2.48. The number of carbonyl (C=O) groups is 1. The van der Waals surface area contributed by atoms with Gasteiger partial charge in [-0.2, -0.15) is 5.10 Å². The zero-order chi connectivity index (χ0) is 12.6. The van der Waals surface area contributed by atoms with Crippen LogP contribution in [0.2, 0.25) is 0 Å². The number of aromatic nitrogens is 2. The second-order valence-corrected chi connectivity index (χ2v) is 3.64. The summed E-state index contributed by atoms with van der Waals surface area (Å²) in [6, 6.07) is 4.14. The van der Waals surface area contributed by atoms with Crippen LogP contribution < -0.4 is 5.73 Å². The number of halogens is 1. The van der Waals surface area contributed by atoms with Crippen LogP contribution in [-0.4, -0.2) is 21.3 Å². The maximum Gasteiger partial charge on any atom is 0.336 e. The summed E-state index contributed by atoms with van der Waals surface area (Å²) in [5.74, 6) is -1.48. The molecule has 0 aliphatic rings. The number of aromatic amines is 1. The Morgan fingerprint density at radius 3 is 2.71 bits per heavy atom. The second-order valence-electron chi connectivity index (χ2n) is 3.64. The molecule has 0 aliphatic heterocycles. The quantitative estimate of drug-likeness (QED) is 0.740.